The molecule has 114 valence electrons. The third-order valence-electron chi connectivity index (χ3n) is 3.01. The molecule has 0 aliphatic carbocycles. The number of hydrogen-bond acceptors (Lipinski definition) is 5. The number of anilines is 2. The number of nitrogens with two attached hydrogens (primary N) is 1. The molecule has 21 heavy (non-hydrogen) atoms. The molecule has 5 nitrogen and oxygen atoms in total. The van der Waals surface area contributed by atoms with Crippen molar-refractivity contribution in [2.45, 2.75) is 11.4 Å². The van der Waals surface area contributed by atoms with Gasteiger partial charge >= 0.3 is 0 Å². The van der Waals surface area contributed by atoms with Crippen molar-refractivity contribution in [3.05, 3.63) is 39.0 Å². The average Bonchev–Trinajstić information content (AvgIpc) is 2.83. The fourth-order valence-corrected chi connectivity index (χ4v) is 4.23. The van der Waals surface area contributed by atoms with Crippen molar-refractivity contribution in [1.82, 2.24) is 4.72 Å². The van der Waals surface area contributed by atoms with Gasteiger partial charge in [-0.05, 0) is 47.2 Å². The normalized spacial score (nSPS) is 11.6. The first-order valence-electron chi connectivity index (χ1n) is 6.10. The van der Waals surface area contributed by atoms with Crippen molar-refractivity contribution in [2.24, 2.45) is 0 Å². The van der Waals surface area contributed by atoms with Crippen molar-refractivity contribution in [1.29, 1.82) is 0 Å². The van der Waals surface area contributed by atoms with E-state index in [1.54, 1.807) is 23.5 Å². The predicted molar refractivity (Wildman–Crippen MR) is 91.2 cm³/mol. The molecule has 0 radical (unpaired) electrons. The molecule has 0 fully saturated rings. The number of hydrogen-bond donors (Lipinski definition) is 2. The lowest BCUT2D eigenvalue weighted by Crippen LogP contribution is -2.21. The van der Waals surface area contributed by atoms with Crippen LogP contribution in [0.25, 0.3) is 0 Å². The van der Waals surface area contributed by atoms with Crippen LogP contribution >= 0.6 is 27.3 Å². The average molecular weight is 390 g/mol. The summed E-state index contributed by atoms with van der Waals surface area (Å²) in [6.07, 6.45) is 0. The molecule has 0 spiro atoms. The summed E-state index contributed by atoms with van der Waals surface area (Å²) >= 11 is 5.09. The van der Waals surface area contributed by atoms with Crippen molar-refractivity contribution in [3.63, 3.8) is 0 Å². The Labute approximate surface area is 137 Å². The third-order valence-corrected chi connectivity index (χ3v) is 6.18. The molecule has 2 rings (SSSR count). The van der Waals surface area contributed by atoms with Crippen LogP contribution in [-0.4, -0.2) is 22.5 Å². The summed E-state index contributed by atoms with van der Waals surface area (Å²) in [6, 6.07) is 7.01. The van der Waals surface area contributed by atoms with Crippen molar-refractivity contribution in [3.8, 4) is 0 Å². The van der Waals surface area contributed by atoms with Crippen LogP contribution in [0.4, 0.5) is 11.4 Å². The van der Waals surface area contributed by atoms with E-state index in [2.05, 4.69) is 26.7 Å². The zero-order chi connectivity index (χ0) is 15.6. The molecule has 8 heteroatoms. The predicted octanol–water partition coefficient (Wildman–Crippen LogP) is 2.64. The van der Waals surface area contributed by atoms with Crippen LogP contribution in [0.15, 0.2) is 39.0 Å². The van der Waals surface area contributed by atoms with Gasteiger partial charge in [0.15, 0.2) is 0 Å². The Bertz CT molecular complexity index is 744. The van der Waals surface area contributed by atoms with Gasteiger partial charge in [-0.25, -0.2) is 13.1 Å². The first kappa shape index (κ1) is 16.3. The number of thiophene rings is 1. The van der Waals surface area contributed by atoms with Gasteiger partial charge in [-0.3, -0.25) is 0 Å². The second-order valence-electron chi connectivity index (χ2n) is 4.52. The highest BCUT2D eigenvalue weighted by Crippen LogP contribution is 2.27. The van der Waals surface area contributed by atoms with Gasteiger partial charge in [-0.15, -0.1) is 11.3 Å². The Morgan fingerprint density at radius 2 is 2.10 bits per heavy atom. The quantitative estimate of drug-likeness (QED) is 0.770. The minimum atomic E-state index is -3.52. The van der Waals surface area contributed by atoms with E-state index in [1.807, 2.05) is 17.3 Å². The fraction of sp³-hybridized carbons (Fsp3) is 0.231. The van der Waals surface area contributed by atoms with Crippen LogP contribution in [0.2, 0.25) is 0 Å². The minimum Gasteiger partial charge on any atom is -0.398 e. The van der Waals surface area contributed by atoms with Gasteiger partial charge in [0, 0.05) is 27.5 Å². The zero-order valence-corrected chi connectivity index (χ0v) is 14.8. The number of nitrogen functional groups attached to an aromatic ring is 1. The Balaban J connectivity index is 2.23. The van der Waals surface area contributed by atoms with E-state index in [4.69, 9.17) is 5.73 Å². The number of rotatable bonds is 5. The third kappa shape index (κ3) is 3.76. The first-order chi connectivity index (χ1) is 9.83. The molecule has 1 aromatic carbocycles. The highest BCUT2D eigenvalue weighted by atomic mass is 79.9. The van der Waals surface area contributed by atoms with Gasteiger partial charge in [-0.1, -0.05) is 0 Å². The van der Waals surface area contributed by atoms with Crippen LogP contribution in [-0.2, 0) is 16.6 Å². The molecule has 0 aliphatic heterocycles. The van der Waals surface area contributed by atoms with Crippen LogP contribution < -0.4 is 15.4 Å². The topological polar surface area (TPSA) is 75.4 Å². The lowest BCUT2D eigenvalue weighted by Gasteiger charge is -2.19. The van der Waals surface area contributed by atoms with Crippen LogP contribution in [0, 0.1) is 0 Å². The number of benzene rings is 1. The molecule has 2 aromatic rings. The number of nitrogens with one attached hydrogen (secondary N) is 1. The van der Waals surface area contributed by atoms with Crippen molar-refractivity contribution in [2.75, 3.05) is 24.7 Å². The lowest BCUT2D eigenvalue weighted by atomic mass is 10.2. The van der Waals surface area contributed by atoms with Gasteiger partial charge < -0.3 is 10.6 Å². The first-order valence-corrected chi connectivity index (χ1v) is 9.26. The summed E-state index contributed by atoms with van der Waals surface area (Å²) < 4.78 is 26.9. The SMILES string of the molecule is CNS(=O)(=O)c1ccc(N(C)Cc2cc(Br)cs2)cc1N. The van der Waals surface area contributed by atoms with Crippen molar-refractivity contribution >= 4 is 48.7 Å². The molecular weight excluding hydrogens is 374 g/mol. The maximum absolute atomic E-state index is 11.8. The molecule has 0 saturated heterocycles. The van der Waals surface area contributed by atoms with E-state index in [0.29, 0.717) is 0 Å². The number of sulfonamides is 1. The molecule has 0 bridgehead atoms. The van der Waals surface area contributed by atoms with Gasteiger partial charge in [0.1, 0.15) is 4.90 Å². The summed E-state index contributed by atoms with van der Waals surface area (Å²) in [5.41, 5.74) is 6.97. The van der Waals surface area contributed by atoms with Gasteiger partial charge in [0.05, 0.1) is 12.2 Å². The Hall–Kier alpha value is -1.09. The summed E-state index contributed by atoms with van der Waals surface area (Å²) in [4.78, 5) is 3.32. The Morgan fingerprint density at radius 1 is 1.38 bits per heavy atom. The van der Waals surface area contributed by atoms with Gasteiger partial charge in [0.25, 0.3) is 0 Å². The number of nitrogens with zero attached hydrogens (tertiary/aromatic N) is 1. The second kappa shape index (κ2) is 6.35. The summed E-state index contributed by atoms with van der Waals surface area (Å²) in [5, 5.41) is 2.03. The standard InChI is InChI=1S/C13H16BrN3O2S2/c1-16-21(18,19)13-4-3-10(6-12(13)15)17(2)7-11-5-9(14)8-20-11/h3-6,8,16H,7,15H2,1-2H3. The summed E-state index contributed by atoms with van der Waals surface area (Å²) in [6.45, 7) is 0.730. The van der Waals surface area contributed by atoms with E-state index >= 15 is 0 Å². The van der Waals surface area contributed by atoms with Crippen LogP contribution in [0.3, 0.4) is 0 Å². The largest absolute Gasteiger partial charge is 0.398 e. The minimum absolute atomic E-state index is 0.0982. The highest BCUT2D eigenvalue weighted by Gasteiger charge is 2.16. The van der Waals surface area contributed by atoms with Crippen LogP contribution in [0.5, 0.6) is 0 Å². The monoisotopic (exact) mass is 389 g/mol. The van der Waals surface area contributed by atoms with Gasteiger partial charge in [-0.2, -0.15) is 0 Å². The van der Waals surface area contributed by atoms with E-state index in [1.165, 1.54) is 18.0 Å². The smallest absolute Gasteiger partial charge is 0.242 e. The van der Waals surface area contributed by atoms with E-state index in [9.17, 15) is 8.42 Å². The Kier molecular flexibility index (Phi) is 4.92. The molecule has 0 amide bonds. The highest BCUT2D eigenvalue weighted by molar-refractivity contribution is 9.10. The maximum atomic E-state index is 11.8. The second-order valence-corrected chi connectivity index (χ2v) is 8.28. The van der Waals surface area contributed by atoms with E-state index < -0.39 is 10.0 Å². The lowest BCUT2D eigenvalue weighted by molar-refractivity contribution is 0.588. The van der Waals surface area contributed by atoms with E-state index in [0.717, 1.165) is 16.7 Å². The molecule has 0 aliphatic rings. The Morgan fingerprint density at radius 3 is 2.62 bits per heavy atom. The maximum Gasteiger partial charge on any atom is 0.242 e. The van der Waals surface area contributed by atoms with Gasteiger partial charge in [0.2, 0.25) is 10.0 Å². The van der Waals surface area contributed by atoms with Crippen LogP contribution in [0.1, 0.15) is 4.88 Å². The summed E-state index contributed by atoms with van der Waals surface area (Å²) in [7, 11) is -0.221. The molecule has 0 unspecified atom stereocenters. The summed E-state index contributed by atoms with van der Waals surface area (Å²) in [5.74, 6) is 0. The fourth-order valence-electron chi connectivity index (χ4n) is 1.89. The molecular formula is C13H16BrN3O2S2. The number of halogens is 1. The van der Waals surface area contributed by atoms with E-state index in [-0.39, 0.29) is 10.6 Å². The molecule has 0 saturated carbocycles. The molecule has 1 aromatic heterocycles. The van der Waals surface area contributed by atoms with Crippen molar-refractivity contribution < 1.29 is 8.42 Å². The zero-order valence-electron chi connectivity index (χ0n) is 11.6. The molecule has 1 heterocycles. The molecule has 0 atom stereocenters. The molecule has 3 N–H and O–H groups in total.